The van der Waals surface area contributed by atoms with Crippen LogP contribution in [0.15, 0.2) is 81.6 Å². The summed E-state index contributed by atoms with van der Waals surface area (Å²) >= 11 is 1.20. The van der Waals surface area contributed by atoms with Crippen molar-refractivity contribution in [1.29, 1.82) is 0 Å². The first-order valence-electron chi connectivity index (χ1n) is 9.97. The van der Waals surface area contributed by atoms with Gasteiger partial charge in [-0.05, 0) is 58.3 Å². The van der Waals surface area contributed by atoms with Gasteiger partial charge in [-0.15, -0.1) is 11.3 Å². The Hall–Kier alpha value is -2.91. The van der Waals surface area contributed by atoms with E-state index >= 15 is 0 Å². The molecule has 0 spiro atoms. The van der Waals surface area contributed by atoms with Crippen molar-refractivity contribution in [3.05, 3.63) is 82.2 Å². The second-order valence-electron chi connectivity index (χ2n) is 7.81. The van der Waals surface area contributed by atoms with Crippen molar-refractivity contribution in [2.45, 2.75) is 30.8 Å². The van der Waals surface area contributed by atoms with E-state index in [2.05, 4.69) is 4.99 Å². The molecule has 33 heavy (non-hydrogen) atoms. The zero-order valence-corrected chi connectivity index (χ0v) is 19.9. The first-order valence-corrected chi connectivity index (χ1v) is 12.7. The molecule has 174 valence electrons. The molecule has 1 aromatic heterocycles. The number of nitrogens with zero attached hydrogens (tertiary/aromatic N) is 1. The number of aliphatic imine (C=N–C) groups is 1. The van der Waals surface area contributed by atoms with Gasteiger partial charge >= 0.3 is 6.18 Å². The van der Waals surface area contributed by atoms with Crippen LogP contribution in [-0.4, -0.2) is 26.6 Å². The molecular weight excluding hydrogens is 469 g/mol. The summed E-state index contributed by atoms with van der Waals surface area (Å²) < 4.78 is 63.4. The topological polar surface area (TPSA) is 72.5 Å². The Morgan fingerprint density at radius 3 is 2.39 bits per heavy atom. The molecule has 0 radical (unpaired) electrons. The number of para-hydroxylation sites is 1. The zero-order chi connectivity index (χ0) is 24.4. The number of nitrogens with two attached hydrogens (primary N) is 1. The fraction of sp³-hybridized carbons (Fsp3) is 0.208. The first-order chi connectivity index (χ1) is 15.4. The molecule has 0 aliphatic heterocycles. The normalized spacial score (nSPS) is 13.5. The van der Waals surface area contributed by atoms with Crippen molar-refractivity contribution in [2.75, 3.05) is 6.26 Å². The molecule has 0 saturated carbocycles. The third kappa shape index (κ3) is 6.11. The molecule has 0 unspecified atom stereocenters. The average Bonchev–Trinajstić information content (AvgIpc) is 3.22. The van der Waals surface area contributed by atoms with E-state index in [1.54, 1.807) is 35.7 Å². The van der Waals surface area contributed by atoms with Crippen LogP contribution >= 0.6 is 11.3 Å². The van der Waals surface area contributed by atoms with Crippen LogP contribution < -0.4 is 5.73 Å². The molecule has 0 aliphatic carbocycles. The van der Waals surface area contributed by atoms with Crippen molar-refractivity contribution in [3.63, 3.8) is 0 Å². The summed E-state index contributed by atoms with van der Waals surface area (Å²) in [4.78, 5) is 5.18. The molecule has 0 amide bonds. The number of alkyl halides is 3. The molecular formula is C24H23F3N2O2S2. The summed E-state index contributed by atoms with van der Waals surface area (Å²) in [5, 5.41) is 1.75. The lowest BCUT2D eigenvalue weighted by Gasteiger charge is -2.11. The summed E-state index contributed by atoms with van der Waals surface area (Å²) in [6.07, 6.45) is -2.74. The van der Waals surface area contributed by atoms with Gasteiger partial charge in [0.2, 0.25) is 0 Å². The van der Waals surface area contributed by atoms with Crippen LogP contribution in [0.5, 0.6) is 0 Å². The van der Waals surface area contributed by atoms with E-state index in [0.717, 1.165) is 17.9 Å². The van der Waals surface area contributed by atoms with Gasteiger partial charge in [-0.1, -0.05) is 44.2 Å². The number of halogens is 3. The number of sulfone groups is 1. The Morgan fingerprint density at radius 1 is 1.06 bits per heavy atom. The van der Waals surface area contributed by atoms with Crippen LogP contribution in [0.25, 0.3) is 11.1 Å². The Morgan fingerprint density at radius 2 is 1.76 bits per heavy atom. The maximum Gasteiger partial charge on any atom is 0.430 e. The predicted octanol–water partition coefficient (Wildman–Crippen LogP) is 6.47. The van der Waals surface area contributed by atoms with Gasteiger partial charge in [0.05, 0.1) is 21.2 Å². The largest absolute Gasteiger partial charge is 0.430 e. The lowest BCUT2D eigenvalue weighted by Crippen LogP contribution is -2.20. The molecule has 0 aliphatic rings. The van der Waals surface area contributed by atoms with E-state index in [4.69, 9.17) is 5.73 Å². The third-order valence-electron chi connectivity index (χ3n) is 4.87. The summed E-state index contributed by atoms with van der Waals surface area (Å²) in [5.74, 6) is 0.118. The number of allylic oxidation sites excluding steroid dienone is 2. The van der Waals surface area contributed by atoms with Crippen molar-refractivity contribution >= 4 is 32.6 Å². The van der Waals surface area contributed by atoms with Crippen LogP contribution in [0.1, 0.15) is 30.2 Å². The molecule has 2 aromatic carbocycles. The number of rotatable bonds is 6. The minimum atomic E-state index is -4.69. The standard InChI is InChI=1S/C24H23F3N2O2S2/c1-15(2)19-9-4-5-10-20(19)29-21(13-23(28)24(25,26)27)22-12-17(14-32-22)16-7-6-8-18(11-16)33(3,30)31/h4-15H,28H2,1-3H3. The highest BCUT2D eigenvalue weighted by Gasteiger charge is 2.32. The van der Waals surface area contributed by atoms with Crippen molar-refractivity contribution in [1.82, 2.24) is 0 Å². The molecule has 9 heteroatoms. The fourth-order valence-corrected chi connectivity index (χ4v) is 4.67. The highest BCUT2D eigenvalue weighted by molar-refractivity contribution is 7.90. The van der Waals surface area contributed by atoms with Crippen LogP contribution in [0.3, 0.4) is 0 Å². The second kappa shape index (κ2) is 9.52. The average molecular weight is 493 g/mol. The van der Waals surface area contributed by atoms with Gasteiger partial charge in [0.15, 0.2) is 9.84 Å². The molecule has 3 rings (SSSR count). The summed E-state index contributed by atoms with van der Waals surface area (Å²) in [6, 6.07) is 15.3. The summed E-state index contributed by atoms with van der Waals surface area (Å²) in [5.41, 5.74) is 6.90. The highest BCUT2D eigenvalue weighted by atomic mass is 32.2. The van der Waals surface area contributed by atoms with E-state index in [-0.39, 0.29) is 16.5 Å². The van der Waals surface area contributed by atoms with Gasteiger partial charge in [0.1, 0.15) is 5.70 Å². The molecule has 0 bridgehead atoms. The summed E-state index contributed by atoms with van der Waals surface area (Å²) in [7, 11) is -3.40. The van der Waals surface area contributed by atoms with Gasteiger partial charge in [0, 0.05) is 6.26 Å². The fourth-order valence-electron chi connectivity index (χ4n) is 3.12. The minimum Gasteiger partial charge on any atom is -0.395 e. The third-order valence-corrected chi connectivity index (χ3v) is 6.93. The first kappa shape index (κ1) is 24.7. The number of thiophene rings is 1. The minimum absolute atomic E-state index is 0.0773. The van der Waals surface area contributed by atoms with Crippen LogP contribution in [0, 0.1) is 0 Å². The Labute approximate surface area is 195 Å². The number of benzene rings is 2. The van der Waals surface area contributed by atoms with Crippen LogP contribution in [0.2, 0.25) is 0 Å². The van der Waals surface area contributed by atoms with Crippen LogP contribution in [-0.2, 0) is 9.84 Å². The van der Waals surface area contributed by atoms with Gasteiger partial charge in [-0.2, -0.15) is 13.2 Å². The molecule has 0 atom stereocenters. The lowest BCUT2D eigenvalue weighted by atomic mass is 10.0. The predicted molar refractivity (Wildman–Crippen MR) is 128 cm³/mol. The summed E-state index contributed by atoms with van der Waals surface area (Å²) in [6.45, 7) is 3.96. The number of hydrogen-bond acceptors (Lipinski definition) is 5. The maximum absolute atomic E-state index is 13.2. The molecule has 4 nitrogen and oxygen atoms in total. The highest BCUT2D eigenvalue weighted by Crippen LogP contribution is 2.32. The number of hydrogen-bond donors (Lipinski definition) is 1. The quantitative estimate of drug-likeness (QED) is 0.401. The van der Waals surface area contributed by atoms with Crippen LogP contribution in [0.4, 0.5) is 18.9 Å². The lowest BCUT2D eigenvalue weighted by molar-refractivity contribution is -0.0925. The van der Waals surface area contributed by atoms with E-state index < -0.39 is 21.7 Å². The maximum atomic E-state index is 13.2. The van der Waals surface area contributed by atoms with E-state index in [1.165, 1.54) is 23.5 Å². The molecule has 1 heterocycles. The van der Waals surface area contributed by atoms with E-state index in [1.807, 2.05) is 26.0 Å². The van der Waals surface area contributed by atoms with E-state index in [0.29, 0.717) is 21.7 Å². The van der Waals surface area contributed by atoms with Gasteiger partial charge in [-0.3, -0.25) is 0 Å². The molecule has 3 aromatic rings. The Balaban J connectivity index is 2.14. The zero-order valence-electron chi connectivity index (χ0n) is 18.2. The van der Waals surface area contributed by atoms with Gasteiger partial charge < -0.3 is 5.73 Å². The molecule has 0 fully saturated rings. The smallest absolute Gasteiger partial charge is 0.395 e. The molecule has 2 N–H and O–H groups in total. The Bertz CT molecular complexity index is 1320. The van der Waals surface area contributed by atoms with E-state index in [9.17, 15) is 21.6 Å². The van der Waals surface area contributed by atoms with Crippen molar-refractivity contribution < 1.29 is 21.6 Å². The van der Waals surface area contributed by atoms with Gasteiger partial charge in [-0.25, -0.2) is 13.4 Å². The Kier molecular flexibility index (Phi) is 7.14. The second-order valence-corrected chi connectivity index (χ2v) is 10.7. The van der Waals surface area contributed by atoms with Crippen molar-refractivity contribution in [2.24, 2.45) is 10.7 Å². The molecule has 0 saturated heterocycles. The monoisotopic (exact) mass is 492 g/mol. The van der Waals surface area contributed by atoms with Gasteiger partial charge in [0.25, 0.3) is 0 Å². The SMILES string of the molecule is CC(C)c1ccccc1N=C(C=C(N)C(F)(F)F)c1cc(-c2cccc(S(C)(=O)=O)c2)cs1. The van der Waals surface area contributed by atoms with Crippen molar-refractivity contribution in [3.8, 4) is 11.1 Å².